The Labute approximate surface area is 161 Å². The standard InChI is InChI=1S/C18H20FN3O4.ClH/c1-25-13-6-9(4-5-12(13)19)16-14(18(23)24)17(21-26-16)22-7-10-2-3-11(8-22)15(10)20;/h4-6,10-11,15H,2-3,7-8,20H2,1H3,(H,23,24);1H/t10-,11+,15?;. The van der Waals surface area contributed by atoms with E-state index in [1.807, 2.05) is 4.90 Å². The summed E-state index contributed by atoms with van der Waals surface area (Å²) in [7, 11) is 1.35. The monoisotopic (exact) mass is 397 g/mol. The molecule has 3 N–H and O–H groups in total. The first-order valence-electron chi connectivity index (χ1n) is 8.57. The number of carboxylic acid groups (broad SMARTS) is 1. The molecule has 0 amide bonds. The Bertz CT molecular complexity index is 845. The molecule has 1 aromatic carbocycles. The first-order chi connectivity index (χ1) is 12.5. The predicted octanol–water partition coefficient (Wildman–Crippen LogP) is 2.78. The van der Waals surface area contributed by atoms with Crippen LogP contribution in [-0.2, 0) is 0 Å². The fraction of sp³-hybridized carbons (Fsp3) is 0.444. The second-order valence-electron chi connectivity index (χ2n) is 6.94. The lowest BCUT2D eigenvalue weighted by atomic mass is 9.93. The number of nitrogens with two attached hydrogens (primary N) is 1. The van der Waals surface area contributed by atoms with E-state index in [1.165, 1.54) is 25.3 Å². The summed E-state index contributed by atoms with van der Waals surface area (Å²) in [5.74, 6) is -0.592. The summed E-state index contributed by atoms with van der Waals surface area (Å²) in [4.78, 5) is 13.9. The molecular weight excluding hydrogens is 377 g/mol. The highest BCUT2D eigenvalue weighted by Crippen LogP contribution is 2.40. The summed E-state index contributed by atoms with van der Waals surface area (Å²) >= 11 is 0. The molecule has 2 aliphatic rings. The van der Waals surface area contributed by atoms with Gasteiger partial charge in [-0.3, -0.25) is 0 Å². The van der Waals surface area contributed by atoms with Gasteiger partial charge in [0.25, 0.3) is 0 Å². The molecule has 9 heteroatoms. The van der Waals surface area contributed by atoms with Gasteiger partial charge in [-0.15, -0.1) is 12.4 Å². The van der Waals surface area contributed by atoms with E-state index >= 15 is 0 Å². The minimum Gasteiger partial charge on any atom is -0.494 e. The van der Waals surface area contributed by atoms with E-state index in [1.54, 1.807) is 0 Å². The van der Waals surface area contributed by atoms with Crippen molar-refractivity contribution in [3.8, 4) is 17.1 Å². The molecule has 2 bridgehead atoms. The number of rotatable bonds is 4. The number of hydrogen-bond acceptors (Lipinski definition) is 6. The summed E-state index contributed by atoms with van der Waals surface area (Å²) in [5, 5.41) is 13.8. The number of benzene rings is 1. The number of carbonyl (C=O) groups is 1. The molecule has 2 heterocycles. The van der Waals surface area contributed by atoms with E-state index in [0.29, 0.717) is 36.3 Å². The number of aromatic carboxylic acids is 1. The number of piperidine rings is 1. The third kappa shape index (κ3) is 3.23. The van der Waals surface area contributed by atoms with E-state index in [-0.39, 0.29) is 35.5 Å². The number of ether oxygens (including phenoxy) is 1. The largest absolute Gasteiger partial charge is 0.494 e. The second-order valence-corrected chi connectivity index (χ2v) is 6.94. The van der Waals surface area contributed by atoms with Crippen molar-refractivity contribution < 1.29 is 23.6 Å². The van der Waals surface area contributed by atoms with Crippen LogP contribution in [-0.4, -0.2) is 42.5 Å². The van der Waals surface area contributed by atoms with Gasteiger partial charge < -0.3 is 25.0 Å². The minimum absolute atomic E-state index is 0. The van der Waals surface area contributed by atoms with Crippen LogP contribution in [0.4, 0.5) is 10.2 Å². The average molecular weight is 398 g/mol. The maximum Gasteiger partial charge on any atom is 0.343 e. The number of fused-ring (bicyclic) bond motifs is 2. The molecule has 146 valence electrons. The van der Waals surface area contributed by atoms with Gasteiger partial charge in [0.1, 0.15) is 0 Å². The van der Waals surface area contributed by atoms with Gasteiger partial charge in [-0.05, 0) is 42.9 Å². The van der Waals surface area contributed by atoms with Crippen molar-refractivity contribution in [2.45, 2.75) is 18.9 Å². The van der Waals surface area contributed by atoms with Crippen molar-refractivity contribution >= 4 is 24.2 Å². The van der Waals surface area contributed by atoms with Gasteiger partial charge in [-0.25, -0.2) is 9.18 Å². The number of nitrogens with zero attached hydrogens (tertiary/aromatic N) is 2. The topological polar surface area (TPSA) is 102 Å². The van der Waals surface area contributed by atoms with Crippen LogP contribution >= 0.6 is 12.4 Å². The van der Waals surface area contributed by atoms with E-state index < -0.39 is 11.8 Å². The fourth-order valence-corrected chi connectivity index (χ4v) is 4.13. The van der Waals surface area contributed by atoms with Crippen molar-refractivity contribution in [2.75, 3.05) is 25.1 Å². The number of aromatic nitrogens is 1. The lowest BCUT2D eigenvalue weighted by Gasteiger charge is -2.36. The van der Waals surface area contributed by atoms with Crippen LogP contribution < -0.4 is 15.4 Å². The van der Waals surface area contributed by atoms with Crippen LogP contribution in [0.5, 0.6) is 5.75 Å². The molecular formula is C18H21ClFN3O4. The smallest absolute Gasteiger partial charge is 0.343 e. The lowest BCUT2D eigenvalue weighted by Crippen LogP contribution is -2.49. The zero-order valence-corrected chi connectivity index (χ0v) is 15.5. The van der Waals surface area contributed by atoms with Crippen molar-refractivity contribution in [1.82, 2.24) is 5.16 Å². The highest BCUT2D eigenvalue weighted by Gasteiger charge is 2.42. The number of anilines is 1. The Morgan fingerprint density at radius 2 is 2.04 bits per heavy atom. The third-order valence-electron chi connectivity index (χ3n) is 5.51. The molecule has 2 fully saturated rings. The van der Waals surface area contributed by atoms with Crippen LogP contribution in [0.25, 0.3) is 11.3 Å². The Morgan fingerprint density at radius 1 is 1.37 bits per heavy atom. The lowest BCUT2D eigenvalue weighted by molar-refractivity contribution is 0.0697. The Balaban J connectivity index is 0.00000210. The normalized spacial score (nSPS) is 23.8. The first-order valence-corrected chi connectivity index (χ1v) is 8.57. The Morgan fingerprint density at radius 3 is 2.63 bits per heavy atom. The zero-order chi connectivity index (χ0) is 18.4. The van der Waals surface area contributed by atoms with Gasteiger partial charge in [0.05, 0.1) is 7.11 Å². The van der Waals surface area contributed by atoms with Gasteiger partial charge in [-0.2, -0.15) is 0 Å². The van der Waals surface area contributed by atoms with Gasteiger partial charge in [0.15, 0.2) is 28.7 Å². The molecule has 1 aromatic heterocycles. The van der Waals surface area contributed by atoms with Crippen molar-refractivity contribution in [3.05, 3.63) is 29.6 Å². The first kappa shape index (κ1) is 19.4. The molecule has 0 radical (unpaired) electrons. The molecule has 7 nitrogen and oxygen atoms in total. The van der Waals surface area contributed by atoms with Gasteiger partial charge >= 0.3 is 5.97 Å². The van der Waals surface area contributed by atoms with Crippen molar-refractivity contribution in [1.29, 1.82) is 0 Å². The van der Waals surface area contributed by atoms with Gasteiger partial charge in [-0.1, -0.05) is 5.16 Å². The molecule has 3 atom stereocenters. The molecule has 1 saturated carbocycles. The number of hydrogen-bond donors (Lipinski definition) is 2. The molecule has 0 spiro atoms. The summed E-state index contributed by atoms with van der Waals surface area (Å²) in [5.41, 5.74) is 6.61. The third-order valence-corrected chi connectivity index (χ3v) is 5.51. The van der Waals surface area contributed by atoms with Crippen LogP contribution in [0.15, 0.2) is 22.7 Å². The molecule has 2 aromatic rings. The molecule has 1 saturated heterocycles. The van der Waals surface area contributed by atoms with Crippen LogP contribution in [0.2, 0.25) is 0 Å². The van der Waals surface area contributed by atoms with E-state index in [4.69, 9.17) is 15.0 Å². The van der Waals surface area contributed by atoms with E-state index in [9.17, 15) is 14.3 Å². The Kier molecular flexibility index (Phi) is 5.30. The highest BCUT2D eigenvalue weighted by molar-refractivity contribution is 5.99. The van der Waals surface area contributed by atoms with Crippen molar-refractivity contribution in [2.24, 2.45) is 17.6 Å². The summed E-state index contributed by atoms with van der Waals surface area (Å²) in [6.07, 6.45) is 2.09. The van der Waals surface area contributed by atoms with Crippen LogP contribution in [0.3, 0.4) is 0 Å². The second kappa shape index (κ2) is 7.36. The minimum atomic E-state index is -1.14. The predicted molar refractivity (Wildman–Crippen MR) is 99.1 cm³/mol. The summed E-state index contributed by atoms with van der Waals surface area (Å²) in [6, 6.07) is 4.22. The summed E-state index contributed by atoms with van der Waals surface area (Å²) in [6.45, 7) is 1.33. The number of halogens is 2. The maximum atomic E-state index is 13.7. The van der Waals surface area contributed by atoms with Gasteiger partial charge in [0, 0.05) is 24.7 Å². The number of methoxy groups -OCH3 is 1. The SMILES string of the molecule is COc1cc(-c2onc(N3C[C@H]4CC[C@@H](C3)C4N)c2C(=O)O)ccc1F.Cl. The quantitative estimate of drug-likeness (QED) is 0.817. The summed E-state index contributed by atoms with van der Waals surface area (Å²) < 4.78 is 24.0. The average Bonchev–Trinajstić information content (AvgIpc) is 3.13. The molecule has 27 heavy (non-hydrogen) atoms. The van der Waals surface area contributed by atoms with Crippen LogP contribution in [0.1, 0.15) is 23.2 Å². The molecule has 4 rings (SSSR count). The molecule has 1 aliphatic heterocycles. The number of carboxylic acids is 1. The van der Waals surface area contributed by atoms with Crippen molar-refractivity contribution in [3.63, 3.8) is 0 Å². The van der Waals surface area contributed by atoms with E-state index in [0.717, 1.165) is 12.8 Å². The molecule has 1 unspecified atom stereocenters. The maximum absolute atomic E-state index is 13.7. The zero-order valence-electron chi connectivity index (χ0n) is 14.7. The fourth-order valence-electron chi connectivity index (χ4n) is 4.13. The molecule has 1 aliphatic carbocycles. The van der Waals surface area contributed by atoms with Crippen LogP contribution in [0, 0.1) is 17.7 Å². The Hall–Kier alpha value is -2.32. The highest BCUT2D eigenvalue weighted by atomic mass is 35.5. The van der Waals surface area contributed by atoms with E-state index in [2.05, 4.69) is 5.16 Å². The van der Waals surface area contributed by atoms with Gasteiger partial charge in [0.2, 0.25) is 0 Å².